The Balaban J connectivity index is 2.06. The van der Waals surface area contributed by atoms with Crippen molar-refractivity contribution in [2.75, 3.05) is 4.33 Å². The number of hydrogen-bond donors (Lipinski definition) is 0. The van der Waals surface area contributed by atoms with Crippen LogP contribution in [0.3, 0.4) is 0 Å². The Morgan fingerprint density at radius 3 is 1.94 bits per heavy atom. The normalized spacial score (nSPS) is 36.8. The van der Waals surface area contributed by atoms with Crippen LogP contribution in [0.1, 0.15) is 38.5 Å². The lowest BCUT2D eigenvalue weighted by Gasteiger charge is -2.52. The quantitative estimate of drug-likeness (QED) is 0.437. The van der Waals surface area contributed by atoms with Crippen LogP contribution in [0.5, 0.6) is 0 Å². The summed E-state index contributed by atoms with van der Waals surface area (Å²) < 4.78 is 3.95. The number of rotatable bonds is 2. The van der Waals surface area contributed by atoms with Crippen LogP contribution in [0, 0.1) is 0 Å². The molecule has 92 valence electrons. The van der Waals surface area contributed by atoms with Gasteiger partial charge in [-0.25, -0.2) is 0 Å². The van der Waals surface area contributed by atoms with Crippen LogP contribution >= 0.6 is 22.6 Å². The molecule has 2 aliphatic heterocycles. The van der Waals surface area contributed by atoms with Crippen molar-refractivity contribution in [3.05, 3.63) is 30.6 Å². The van der Waals surface area contributed by atoms with Gasteiger partial charge in [0, 0.05) is 0 Å². The van der Waals surface area contributed by atoms with Gasteiger partial charge in [0.15, 0.2) is 0 Å². The molecule has 3 heterocycles. The van der Waals surface area contributed by atoms with Crippen LogP contribution in [-0.2, 0) is 0 Å². The van der Waals surface area contributed by atoms with E-state index >= 15 is 0 Å². The molecule has 3 heteroatoms. The summed E-state index contributed by atoms with van der Waals surface area (Å²) in [6.07, 6.45) is 13.2. The van der Waals surface area contributed by atoms with E-state index in [-0.39, 0.29) is 6.28 Å². The molecule has 1 aromatic rings. The highest BCUT2D eigenvalue weighted by Gasteiger charge is 2.52. The molecule has 2 fully saturated rings. The van der Waals surface area contributed by atoms with Gasteiger partial charge in [0.05, 0.1) is 0 Å². The van der Waals surface area contributed by atoms with Crippen molar-refractivity contribution in [1.29, 1.82) is 0 Å². The first kappa shape index (κ1) is 12.0. The zero-order chi connectivity index (χ0) is 11.7. The minimum atomic E-state index is -0.338. The van der Waals surface area contributed by atoms with Crippen molar-refractivity contribution in [1.82, 2.24) is 0 Å². The number of aromatic nitrogens is 1. The van der Waals surface area contributed by atoms with Gasteiger partial charge in [-0.15, -0.1) is 22.6 Å². The topological polar surface area (TPSA) is 3.88 Å². The summed E-state index contributed by atoms with van der Waals surface area (Å²) in [4.78, 5) is 0. The first-order chi connectivity index (χ1) is 8.38. The van der Waals surface area contributed by atoms with Crippen molar-refractivity contribution in [3.63, 3.8) is 0 Å². The molecular weight excluding hydrogens is 320 g/mol. The molecule has 0 spiro atoms. The summed E-state index contributed by atoms with van der Waals surface area (Å²) in [5, 5.41) is 0. The molecule has 2 saturated heterocycles. The van der Waals surface area contributed by atoms with E-state index in [4.69, 9.17) is 0 Å². The third-order valence-corrected chi connectivity index (χ3v) is 6.88. The molecule has 0 unspecified atom stereocenters. The van der Waals surface area contributed by atoms with Crippen LogP contribution < -0.4 is 4.48 Å². The van der Waals surface area contributed by atoms with Crippen molar-refractivity contribution in [2.45, 2.75) is 50.2 Å². The van der Waals surface area contributed by atoms with E-state index in [1.165, 1.54) is 42.9 Å². The maximum absolute atomic E-state index is 2.66. The van der Waals surface area contributed by atoms with E-state index in [2.05, 4.69) is 57.7 Å². The molecule has 0 aliphatic carbocycles. The van der Waals surface area contributed by atoms with Crippen LogP contribution in [0.2, 0.25) is 11.6 Å². The van der Waals surface area contributed by atoms with Crippen molar-refractivity contribution < 1.29 is 4.48 Å². The molecule has 0 aromatic carbocycles. The minimum absolute atomic E-state index is 0.338. The fourth-order valence-electron chi connectivity index (χ4n) is 4.66. The summed E-state index contributed by atoms with van der Waals surface area (Å²) in [5.41, 5.74) is 0. The lowest BCUT2D eigenvalue weighted by molar-refractivity contribution is -0.552. The smallest absolute Gasteiger partial charge is 0.293 e. The Morgan fingerprint density at radius 1 is 0.941 bits per heavy atom. The van der Waals surface area contributed by atoms with E-state index < -0.39 is 0 Å². The maximum atomic E-state index is 2.66. The van der Waals surface area contributed by atoms with Crippen LogP contribution in [0.25, 0.3) is 0 Å². The Labute approximate surface area is 118 Å². The van der Waals surface area contributed by atoms with Gasteiger partial charge in [0.2, 0.25) is 0 Å². The second kappa shape index (κ2) is 4.91. The zero-order valence-electron chi connectivity index (χ0n) is 10.4. The van der Waals surface area contributed by atoms with E-state index in [1.54, 1.807) is 0 Å². The van der Waals surface area contributed by atoms with Gasteiger partial charge in [-0.1, -0.05) is 60.6 Å². The molecule has 17 heavy (non-hydrogen) atoms. The zero-order valence-corrected chi connectivity index (χ0v) is 12.6. The minimum Gasteiger partial charge on any atom is -0.426 e. The fraction of sp³-hybridized carbons (Fsp3) is 0.643. The molecule has 1 nitrogen and oxygen atoms in total. The van der Waals surface area contributed by atoms with Gasteiger partial charge in [-0.2, -0.15) is 0 Å². The summed E-state index contributed by atoms with van der Waals surface area (Å²) in [5.74, 6) is 1.96. The van der Waals surface area contributed by atoms with Crippen LogP contribution in [-0.4, -0.2) is 10.6 Å². The van der Waals surface area contributed by atoms with Gasteiger partial charge in [0.25, 0.3) is 6.28 Å². The Morgan fingerprint density at radius 2 is 1.47 bits per heavy atom. The Kier molecular flexibility index (Phi) is 3.46. The molecule has 0 saturated carbocycles. The van der Waals surface area contributed by atoms with Gasteiger partial charge in [-0.3, -0.25) is 0 Å². The SMILES string of the molecule is IC[B-]1([n+]2ccccc2)C2CCCC1CCC2. The average molecular weight is 341 g/mol. The molecule has 0 radical (unpaired) electrons. The highest BCUT2D eigenvalue weighted by atomic mass is 127. The number of hydrogen-bond acceptors (Lipinski definition) is 0. The summed E-state index contributed by atoms with van der Waals surface area (Å²) in [6.45, 7) is 0. The molecule has 0 N–H and O–H groups in total. The molecule has 0 amide bonds. The Bertz CT molecular complexity index is 359. The largest absolute Gasteiger partial charge is 0.426 e. The monoisotopic (exact) mass is 341 g/mol. The molecule has 3 rings (SSSR count). The lowest BCUT2D eigenvalue weighted by atomic mass is 9.17. The Hall–Kier alpha value is -0.0551. The van der Waals surface area contributed by atoms with Gasteiger partial charge in [-0.05, 0) is 12.1 Å². The lowest BCUT2D eigenvalue weighted by Crippen LogP contribution is -2.73. The maximum Gasteiger partial charge on any atom is 0.293 e. The predicted octanol–water partition coefficient (Wildman–Crippen LogP) is 3.85. The van der Waals surface area contributed by atoms with E-state index in [1.807, 2.05) is 0 Å². The summed E-state index contributed by atoms with van der Waals surface area (Å²) in [7, 11) is 0. The third kappa shape index (κ3) is 1.85. The molecule has 1 aromatic heterocycles. The second-order valence-corrected chi connectivity index (χ2v) is 6.88. The predicted molar refractivity (Wildman–Crippen MR) is 81.9 cm³/mol. The van der Waals surface area contributed by atoms with Crippen molar-refractivity contribution >= 4 is 28.9 Å². The highest BCUT2D eigenvalue weighted by molar-refractivity contribution is 14.1. The number of fused-ring (bicyclic) bond motifs is 2. The van der Waals surface area contributed by atoms with E-state index in [0.29, 0.717) is 0 Å². The standard InChI is InChI=1S/C14H21BIN/c16-12-15(17-10-2-1-3-11-17)13-6-4-7-14(15)9-5-8-13/h1-3,10-11,13-14H,4-9,12H2. The average Bonchev–Trinajstić information content (AvgIpc) is 2.38. The molecule has 2 bridgehead atoms. The summed E-state index contributed by atoms with van der Waals surface area (Å²) in [6, 6.07) is 6.56. The van der Waals surface area contributed by atoms with Crippen molar-refractivity contribution in [3.8, 4) is 0 Å². The van der Waals surface area contributed by atoms with Gasteiger partial charge >= 0.3 is 0 Å². The number of halogens is 1. The van der Waals surface area contributed by atoms with Gasteiger partial charge < -0.3 is 4.48 Å². The highest BCUT2D eigenvalue weighted by Crippen LogP contribution is 2.51. The molecule has 2 aliphatic rings. The van der Waals surface area contributed by atoms with Crippen molar-refractivity contribution in [2.24, 2.45) is 0 Å². The van der Waals surface area contributed by atoms with E-state index in [9.17, 15) is 0 Å². The molecular formula is C14H21BIN. The van der Waals surface area contributed by atoms with E-state index in [0.717, 1.165) is 11.6 Å². The summed E-state index contributed by atoms with van der Waals surface area (Å²) >= 11 is 2.66. The number of alkyl halides is 1. The first-order valence-corrected chi connectivity index (χ1v) is 8.61. The number of nitrogens with zero attached hydrogens (tertiary/aromatic N) is 1. The number of pyridine rings is 1. The van der Waals surface area contributed by atoms with Gasteiger partial charge in [0.1, 0.15) is 12.4 Å². The first-order valence-electron chi connectivity index (χ1n) is 7.08. The third-order valence-electron chi connectivity index (χ3n) is 5.47. The van der Waals surface area contributed by atoms with Crippen LogP contribution in [0.4, 0.5) is 0 Å². The van der Waals surface area contributed by atoms with Crippen LogP contribution in [0.15, 0.2) is 30.6 Å². The second-order valence-electron chi connectivity index (χ2n) is 6.00. The fourth-order valence-corrected chi connectivity index (χ4v) is 6.56. The molecule has 0 atom stereocenters.